The number of hydrogen-bond acceptors (Lipinski definition) is 1. The van der Waals surface area contributed by atoms with Crippen LogP contribution in [0.4, 0.5) is 5.69 Å². The summed E-state index contributed by atoms with van der Waals surface area (Å²) in [6, 6.07) is 5.08. The van der Waals surface area contributed by atoms with E-state index in [0.717, 1.165) is 11.8 Å². The fraction of sp³-hybridized carbons (Fsp3) is 0.667. The zero-order valence-electron chi connectivity index (χ0n) is 13.3. The Morgan fingerprint density at radius 3 is 2.45 bits per heavy atom. The second kappa shape index (κ2) is 6.98. The van der Waals surface area contributed by atoms with Gasteiger partial charge in [0, 0.05) is 16.2 Å². The van der Waals surface area contributed by atoms with Crippen molar-refractivity contribution in [1.82, 2.24) is 0 Å². The molecular formula is C18H28BrN. The molecule has 2 unspecified atom stereocenters. The van der Waals surface area contributed by atoms with Crippen molar-refractivity contribution in [2.75, 3.05) is 5.32 Å². The molecule has 1 aliphatic rings. The Hall–Kier alpha value is -0.500. The van der Waals surface area contributed by atoms with Crippen molar-refractivity contribution in [3.8, 4) is 0 Å². The van der Waals surface area contributed by atoms with Gasteiger partial charge >= 0.3 is 0 Å². The van der Waals surface area contributed by atoms with Crippen LogP contribution in [0.3, 0.4) is 0 Å². The molecule has 1 aliphatic carbocycles. The van der Waals surface area contributed by atoms with Gasteiger partial charge in [-0.25, -0.2) is 0 Å². The molecule has 0 bridgehead atoms. The van der Waals surface area contributed by atoms with Gasteiger partial charge < -0.3 is 5.32 Å². The molecule has 2 atom stereocenters. The van der Waals surface area contributed by atoms with Crippen molar-refractivity contribution in [3.63, 3.8) is 0 Å². The van der Waals surface area contributed by atoms with Crippen LogP contribution < -0.4 is 5.32 Å². The molecule has 1 N–H and O–H groups in total. The van der Waals surface area contributed by atoms with Gasteiger partial charge in [-0.05, 0) is 68.2 Å². The highest BCUT2D eigenvalue weighted by atomic mass is 79.9. The third kappa shape index (κ3) is 4.25. The Kier molecular flexibility index (Phi) is 5.54. The number of rotatable bonds is 4. The van der Waals surface area contributed by atoms with Gasteiger partial charge in [0.25, 0.3) is 0 Å². The SMILES string of the molecule is Cc1cc(Br)cc(C)c1NC1CCCC(CC(C)C)C1. The highest BCUT2D eigenvalue weighted by molar-refractivity contribution is 9.10. The zero-order valence-corrected chi connectivity index (χ0v) is 14.9. The Morgan fingerprint density at radius 1 is 1.20 bits per heavy atom. The van der Waals surface area contributed by atoms with Gasteiger partial charge in [-0.3, -0.25) is 0 Å². The van der Waals surface area contributed by atoms with Gasteiger partial charge in [0.1, 0.15) is 0 Å². The smallest absolute Gasteiger partial charge is 0.0402 e. The molecule has 0 aliphatic heterocycles. The minimum absolute atomic E-state index is 0.658. The number of halogens is 1. The van der Waals surface area contributed by atoms with E-state index in [-0.39, 0.29) is 0 Å². The van der Waals surface area contributed by atoms with Gasteiger partial charge in [-0.15, -0.1) is 0 Å². The van der Waals surface area contributed by atoms with Gasteiger partial charge in [0.15, 0.2) is 0 Å². The standard InChI is InChI=1S/C18H28BrN/c1-12(2)8-15-6-5-7-17(11-15)20-18-13(3)9-16(19)10-14(18)4/h9-10,12,15,17,20H,5-8,11H2,1-4H3. The minimum Gasteiger partial charge on any atom is -0.382 e. The number of anilines is 1. The second-order valence-corrected chi connectivity index (χ2v) is 7.83. The summed E-state index contributed by atoms with van der Waals surface area (Å²) >= 11 is 3.58. The van der Waals surface area contributed by atoms with Crippen molar-refractivity contribution in [2.45, 2.75) is 65.8 Å². The maximum Gasteiger partial charge on any atom is 0.0402 e. The third-order valence-electron chi connectivity index (χ3n) is 4.43. The first-order valence-corrected chi connectivity index (χ1v) is 8.78. The Bertz CT molecular complexity index is 430. The molecule has 0 aromatic heterocycles. The quantitative estimate of drug-likeness (QED) is 0.701. The largest absolute Gasteiger partial charge is 0.382 e. The minimum atomic E-state index is 0.658. The molecule has 20 heavy (non-hydrogen) atoms. The lowest BCUT2D eigenvalue weighted by molar-refractivity contribution is 0.289. The lowest BCUT2D eigenvalue weighted by atomic mass is 9.81. The maximum absolute atomic E-state index is 3.83. The van der Waals surface area contributed by atoms with Crippen LogP contribution in [0.5, 0.6) is 0 Å². The molecule has 0 heterocycles. The topological polar surface area (TPSA) is 12.0 Å². The molecule has 0 saturated heterocycles. The van der Waals surface area contributed by atoms with E-state index in [0.29, 0.717) is 6.04 Å². The summed E-state index contributed by atoms with van der Waals surface area (Å²) in [4.78, 5) is 0. The van der Waals surface area contributed by atoms with Crippen molar-refractivity contribution < 1.29 is 0 Å². The Balaban J connectivity index is 2.03. The molecule has 1 fully saturated rings. The first-order chi connectivity index (χ1) is 9.45. The lowest BCUT2D eigenvalue weighted by Crippen LogP contribution is -2.28. The van der Waals surface area contributed by atoms with Crippen LogP contribution in [0.1, 0.15) is 57.1 Å². The molecule has 1 aromatic carbocycles. The predicted molar refractivity (Wildman–Crippen MR) is 92.4 cm³/mol. The van der Waals surface area contributed by atoms with Crippen LogP contribution in [-0.2, 0) is 0 Å². The summed E-state index contributed by atoms with van der Waals surface area (Å²) in [6.07, 6.45) is 6.85. The average molecular weight is 338 g/mol. The molecular weight excluding hydrogens is 310 g/mol. The van der Waals surface area contributed by atoms with Crippen molar-refractivity contribution in [1.29, 1.82) is 0 Å². The van der Waals surface area contributed by atoms with E-state index in [9.17, 15) is 0 Å². The van der Waals surface area contributed by atoms with Gasteiger partial charge in [-0.1, -0.05) is 42.6 Å². The fourth-order valence-electron chi connectivity index (χ4n) is 3.65. The van der Waals surface area contributed by atoms with Crippen LogP contribution in [0.2, 0.25) is 0 Å². The molecule has 0 amide bonds. The Labute approximate surface area is 132 Å². The summed E-state index contributed by atoms with van der Waals surface area (Å²) < 4.78 is 1.18. The summed E-state index contributed by atoms with van der Waals surface area (Å²) in [5.41, 5.74) is 4.05. The number of hydrogen-bond donors (Lipinski definition) is 1. The highest BCUT2D eigenvalue weighted by Crippen LogP contribution is 2.33. The van der Waals surface area contributed by atoms with E-state index < -0.39 is 0 Å². The Morgan fingerprint density at radius 2 is 1.85 bits per heavy atom. The van der Waals surface area contributed by atoms with E-state index in [1.807, 2.05) is 0 Å². The molecule has 2 rings (SSSR count). The number of nitrogens with one attached hydrogen (secondary N) is 1. The van der Waals surface area contributed by atoms with E-state index >= 15 is 0 Å². The van der Waals surface area contributed by atoms with E-state index in [1.165, 1.54) is 53.4 Å². The first-order valence-electron chi connectivity index (χ1n) is 7.99. The second-order valence-electron chi connectivity index (χ2n) is 6.92. The van der Waals surface area contributed by atoms with Crippen LogP contribution in [0.25, 0.3) is 0 Å². The number of aryl methyl sites for hydroxylation is 2. The molecule has 2 heteroatoms. The van der Waals surface area contributed by atoms with Crippen molar-refractivity contribution >= 4 is 21.6 Å². The summed E-state index contributed by atoms with van der Waals surface area (Å²) in [6.45, 7) is 9.10. The zero-order chi connectivity index (χ0) is 14.7. The van der Waals surface area contributed by atoms with Crippen LogP contribution >= 0.6 is 15.9 Å². The van der Waals surface area contributed by atoms with Crippen molar-refractivity contribution in [2.24, 2.45) is 11.8 Å². The van der Waals surface area contributed by atoms with Gasteiger partial charge in [0.05, 0.1) is 0 Å². The molecule has 112 valence electrons. The average Bonchev–Trinajstić information content (AvgIpc) is 2.33. The lowest BCUT2D eigenvalue weighted by Gasteiger charge is -2.32. The van der Waals surface area contributed by atoms with E-state index in [4.69, 9.17) is 0 Å². The van der Waals surface area contributed by atoms with Crippen LogP contribution in [-0.4, -0.2) is 6.04 Å². The van der Waals surface area contributed by atoms with E-state index in [1.54, 1.807) is 0 Å². The van der Waals surface area contributed by atoms with Crippen molar-refractivity contribution in [3.05, 3.63) is 27.7 Å². The predicted octanol–water partition coefficient (Wildman–Crippen LogP) is 6.08. The normalized spacial score (nSPS) is 23.1. The maximum atomic E-state index is 3.83. The summed E-state index contributed by atoms with van der Waals surface area (Å²) in [5, 5.41) is 3.83. The van der Waals surface area contributed by atoms with Crippen LogP contribution in [0.15, 0.2) is 16.6 Å². The van der Waals surface area contributed by atoms with Gasteiger partial charge in [0.2, 0.25) is 0 Å². The first kappa shape index (κ1) is 15.9. The molecule has 0 spiro atoms. The fourth-order valence-corrected chi connectivity index (χ4v) is 4.33. The monoisotopic (exact) mass is 337 g/mol. The summed E-state index contributed by atoms with van der Waals surface area (Å²) in [7, 11) is 0. The number of benzene rings is 1. The molecule has 1 nitrogen and oxygen atoms in total. The van der Waals surface area contributed by atoms with E-state index in [2.05, 4.69) is 61.1 Å². The highest BCUT2D eigenvalue weighted by Gasteiger charge is 2.23. The third-order valence-corrected chi connectivity index (χ3v) is 4.89. The summed E-state index contributed by atoms with van der Waals surface area (Å²) in [5.74, 6) is 1.74. The van der Waals surface area contributed by atoms with Crippen LogP contribution in [0, 0.1) is 25.7 Å². The molecule has 0 radical (unpaired) electrons. The molecule has 1 saturated carbocycles. The van der Waals surface area contributed by atoms with Gasteiger partial charge in [-0.2, -0.15) is 0 Å². The molecule has 1 aromatic rings.